The SMILES string of the molecule is S=C(c1ccc(-c2ccc(Br)cc2)o1)N1CCN(c2cccc3ccccc23)CC1. The molecule has 0 amide bonds. The first kappa shape index (κ1) is 19.3. The Hall–Kier alpha value is -2.63. The number of fused-ring (bicyclic) bond motifs is 1. The first-order chi connectivity index (χ1) is 14.7. The summed E-state index contributed by atoms with van der Waals surface area (Å²) in [7, 11) is 0. The van der Waals surface area contributed by atoms with Crippen LogP contribution in [-0.4, -0.2) is 36.1 Å². The molecule has 150 valence electrons. The molecular weight excluding hydrogens is 456 g/mol. The van der Waals surface area contributed by atoms with Gasteiger partial charge in [-0.1, -0.05) is 76.7 Å². The molecule has 1 aliphatic rings. The highest BCUT2D eigenvalue weighted by Crippen LogP contribution is 2.29. The number of nitrogens with zero attached hydrogens (tertiary/aromatic N) is 2. The number of benzene rings is 3. The maximum Gasteiger partial charge on any atom is 0.162 e. The summed E-state index contributed by atoms with van der Waals surface area (Å²) in [6.45, 7) is 3.65. The van der Waals surface area contributed by atoms with Crippen molar-refractivity contribution in [2.45, 2.75) is 0 Å². The molecule has 0 N–H and O–H groups in total. The van der Waals surface area contributed by atoms with E-state index in [2.05, 4.69) is 68.2 Å². The van der Waals surface area contributed by atoms with E-state index in [1.54, 1.807) is 0 Å². The van der Waals surface area contributed by atoms with Gasteiger partial charge in [0, 0.05) is 47.3 Å². The standard InChI is InChI=1S/C25H21BrN2OS/c26-20-10-8-19(9-11-20)23-12-13-24(29-23)25(30)28-16-14-27(15-17-28)22-7-3-5-18-4-1-2-6-21(18)22/h1-13H,14-17H2. The molecule has 5 rings (SSSR count). The third-order valence-corrected chi connectivity index (χ3v) is 6.61. The van der Waals surface area contributed by atoms with Gasteiger partial charge in [-0.2, -0.15) is 0 Å². The monoisotopic (exact) mass is 476 g/mol. The molecule has 5 heteroatoms. The zero-order valence-electron chi connectivity index (χ0n) is 16.4. The third-order valence-electron chi connectivity index (χ3n) is 5.62. The Morgan fingerprint density at radius 3 is 2.33 bits per heavy atom. The maximum atomic E-state index is 6.08. The topological polar surface area (TPSA) is 19.6 Å². The molecule has 0 radical (unpaired) electrons. The summed E-state index contributed by atoms with van der Waals surface area (Å²) in [4.78, 5) is 5.49. The highest BCUT2D eigenvalue weighted by Gasteiger charge is 2.22. The minimum absolute atomic E-state index is 0.765. The minimum Gasteiger partial charge on any atom is -0.454 e. The lowest BCUT2D eigenvalue weighted by atomic mass is 10.1. The number of hydrogen-bond acceptors (Lipinski definition) is 3. The van der Waals surface area contributed by atoms with E-state index >= 15 is 0 Å². The zero-order valence-corrected chi connectivity index (χ0v) is 18.8. The van der Waals surface area contributed by atoms with Crippen molar-refractivity contribution >= 4 is 49.6 Å². The lowest BCUT2D eigenvalue weighted by molar-refractivity contribution is 0.385. The molecule has 1 aliphatic heterocycles. The number of hydrogen-bond donors (Lipinski definition) is 0. The summed E-state index contributed by atoms with van der Waals surface area (Å²) in [5.74, 6) is 1.61. The number of rotatable bonds is 3. The summed E-state index contributed by atoms with van der Waals surface area (Å²) in [5.41, 5.74) is 2.35. The maximum absolute atomic E-state index is 6.08. The van der Waals surface area contributed by atoms with Gasteiger partial charge in [-0.3, -0.25) is 0 Å². The lowest BCUT2D eigenvalue weighted by Crippen LogP contribution is -2.48. The van der Waals surface area contributed by atoms with Gasteiger partial charge in [-0.25, -0.2) is 0 Å². The smallest absolute Gasteiger partial charge is 0.162 e. The summed E-state index contributed by atoms with van der Waals surface area (Å²) in [6, 6.07) is 27.2. The number of piperazine rings is 1. The van der Waals surface area contributed by atoms with Crippen LogP contribution in [0.3, 0.4) is 0 Å². The van der Waals surface area contributed by atoms with Gasteiger partial charge in [-0.05, 0) is 35.7 Å². The summed E-state index contributed by atoms with van der Waals surface area (Å²) >= 11 is 9.23. The minimum atomic E-state index is 0.765. The average Bonchev–Trinajstić information content (AvgIpc) is 3.29. The predicted molar refractivity (Wildman–Crippen MR) is 131 cm³/mol. The van der Waals surface area contributed by atoms with Crippen molar-refractivity contribution < 1.29 is 4.42 Å². The van der Waals surface area contributed by atoms with Crippen LogP contribution in [0.5, 0.6) is 0 Å². The molecule has 30 heavy (non-hydrogen) atoms. The van der Waals surface area contributed by atoms with E-state index in [0.29, 0.717) is 0 Å². The molecule has 1 saturated heterocycles. The molecule has 3 nitrogen and oxygen atoms in total. The van der Waals surface area contributed by atoms with Gasteiger partial charge in [0.1, 0.15) is 10.7 Å². The normalized spacial score (nSPS) is 14.3. The van der Waals surface area contributed by atoms with Crippen molar-refractivity contribution in [3.05, 3.63) is 89.1 Å². The molecule has 0 saturated carbocycles. The summed E-state index contributed by atoms with van der Waals surface area (Å²) < 4.78 is 7.14. The van der Waals surface area contributed by atoms with Crippen molar-refractivity contribution in [2.75, 3.05) is 31.1 Å². The average molecular weight is 477 g/mol. The largest absolute Gasteiger partial charge is 0.454 e. The molecule has 0 aliphatic carbocycles. The molecular formula is C25H21BrN2OS. The molecule has 0 spiro atoms. The van der Waals surface area contributed by atoms with E-state index in [-0.39, 0.29) is 0 Å². The lowest BCUT2D eigenvalue weighted by Gasteiger charge is -2.37. The Balaban J connectivity index is 1.29. The van der Waals surface area contributed by atoms with Crippen molar-refractivity contribution in [3.8, 4) is 11.3 Å². The van der Waals surface area contributed by atoms with Gasteiger partial charge in [0.25, 0.3) is 0 Å². The number of halogens is 1. The highest BCUT2D eigenvalue weighted by atomic mass is 79.9. The first-order valence-corrected chi connectivity index (χ1v) is 11.3. The second-order valence-corrected chi connectivity index (χ2v) is 8.75. The number of anilines is 1. The van der Waals surface area contributed by atoms with Crippen LogP contribution in [0.15, 0.2) is 87.8 Å². The molecule has 0 unspecified atom stereocenters. The van der Waals surface area contributed by atoms with E-state index in [9.17, 15) is 0 Å². The Labute approximate surface area is 190 Å². The molecule has 1 fully saturated rings. The Bertz CT molecular complexity index is 1190. The van der Waals surface area contributed by atoms with Crippen LogP contribution in [-0.2, 0) is 0 Å². The van der Waals surface area contributed by atoms with Crippen LogP contribution in [0.1, 0.15) is 5.76 Å². The third kappa shape index (κ3) is 3.75. The number of furan rings is 1. The Morgan fingerprint density at radius 1 is 0.800 bits per heavy atom. The summed E-state index contributed by atoms with van der Waals surface area (Å²) in [6.07, 6.45) is 0. The molecule has 4 aromatic rings. The Morgan fingerprint density at radius 2 is 1.53 bits per heavy atom. The van der Waals surface area contributed by atoms with E-state index in [4.69, 9.17) is 16.6 Å². The van der Waals surface area contributed by atoms with Crippen LogP contribution in [0, 0.1) is 0 Å². The Kier molecular flexibility index (Phi) is 5.32. The van der Waals surface area contributed by atoms with Gasteiger partial charge in [-0.15, -0.1) is 0 Å². The van der Waals surface area contributed by atoms with E-state index in [1.807, 2.05) is 36.4 Å². The quantitative estimate of drug-likeness (QED) is 0.320. The van der Waals surface area contributed by atoms with Crippen LogP contribution in [0.25, 0.3) is 22.1 Å². The highest BCUT2D eigenvalue weighted by molar-refractivity contribution is 9.10. The molecule has 0 bridgehead atoms. The second-order valence-electron chi connectivity index (χ2n) is 7.45. The molecule has 1 aromatic heterocycles. The van der Waals surface area contributed by atoms with Crippen molar-refractivity contribution in [1.29, 1.82) is 0 Å². The van der Waals surface area contributed by atoms with Gasteiger partial charge in [0.2, 0.25) is 0 Å². The van der Waals surface area contributed by atoms with Crippen molar-refractivity contribution in [2.24, 2.45) is 0 Å². The van der Waals surface area contributed by atoms with Crippen LogP contribution in [0.2, 0.25) is 0 Å². The fourth-order valence-corrected chi connectivity index (χ4v) is 4.57. The molecule has 2 heterocycles. The van der Waals surface area contributed by atoms with Gasteiger partial charge >= 0.3 is 0 Å². The summed E-state index contributed by atoms with van der Waals surface area (Å²) in [5, 5.41) is 2.59. The van der Waals surface area contributed by atoms with Crippen LogP contribution >= 0.6 is 28.1 Å². The fraction of sp³-hybridized carbons (Fsp3) is 0.160. The fourth-order valence-electron chi connectivity index (χ4n) is 4.01. The van der Waals surface area contributed by atoms with Crippen molar-refractivity contribution in [3.63, 3.8) is 0 Å². The van der Waals surface area contributed by atoms with Gasteiger partial charge < -0.3 is 14.2 Å². The molecule has 3 aromatic carbocycles. The molecule has 0 atom stereocenters. The van der Waals surface area contributed by atoms with Crippen LogP contribution in [0.4, 0.5) is 5.69 Å². The first-order valence-electron chi connectivity index (χ1n) is 10.1. The van der Waals surface area contributed by atoms with E-state index < -0.39 is 0 Å². The second kappa shape index (κ2) is 8.25. The number of thiocarbonyl (C=S) groups is 1. The van der Waals surface area contributed by atoms with E-state index in [0.717, 1.165) is 52.7 Å². The van der Waals surface area contributed by atoms with Crippen LogP contribution < -0.4 is 4.90 Å². The predicted octanol–water partition coefficient (Wildman–Crippen LogP) is 6.36. The zero-order chi connectivity index (χ0) is 20.5. The van der Waals surface area contributed by atoms with Crippen molar-refractivity contribution in [1.82, 2.24) is 4.90 Å². The van der Waals surface area contributed by atoms with Gasteiger partial charge in [0.05, 0.1) is 0 Å². The van der Waals surface area contributed by atoms with E-state index in [1.165, 1.54) is 16.5 Å². The van der Waals surface area contributed by atoms with Gasteiger partial charge in [0.15, 0.2) is 5.76 Å².